The van der Waals surface area contributed by atoms with Crippen molar-refractivity contribution in [1.82, 2.24) is 29.9 Å². The predicted octanol–water partition coefficient (Wildman–Crippen LogP) is 3.46. The van der Waals surface area contributed by atoms with Crippen molar-refractivity contribution in [1.29, 1.82) is 0 Å². The third-order valence-electron chi connectivity index (χ3n) is 10.8. The van der Waals surface area contributed by atoms with Crippen molar-refractivity contribution in [3.63, 3.8) is 0 Å². The van der Waals surface area contributed by atoms with E-state index in [2.05, 4.69) is 10.3 Å². The molecule has 2 aliphatic heterocycles. The van der Waals surface area contributed by atoms with E-state index in [1.165, 1.54) is 6.07 Å². The van der Waals surface area contributed by atoms with Crippen molar-refractivity contribution in [2.75, 3.05) is 72.8 Å². The number of nitrogens with zero attached hydrogens (tertiary/aromatic N) is 5. The number of likely N-dealkylation sites (tertiary alicyclic amines) is 1. The van der Waals surface area contributed by atoms with Gasteiger partial charge in [0.05, 0.1) is 18.7 Å². The maximum absolute atomic E-state index is 14.0. The number of aromatic nitrogens is 1. The van der Waals surface area contributed by atoms with Gasteiger partial charge in [-0.2, -0.15) is 0 Å². The number of rotatable bonds is 18. The predicted molar refractivity (Wildman–Crippen MR) is 209 cm³/mol. The molecule has 0 unspecified atom stereocenters. The van der Waals surface area contributed by atoms with Crippen molar-refractivity contribution in [3.8, 4) is 5.75 Å². The fourth-order valence-corrected chi connectivity index (χ4v) is 7.18. The average molecular weight is 795 g/mol. The molecule has 3 aliphatic rings. The number of amides is 5. The molecule has 5 rings (SSSR count). The number of esters is 1. The second kappa shape index (κ2) is 21.0. The number of piperazine rings is 1. The van der Waals surface area contributed by atoms with Crippen LogP contribution in [0.5, 0.6) is 5.75 Å². The Morgan fingerprint density at radius 3 is 2.37 bits per heavy atom. The number of hydrogen-bond donors (Lipinski definition) is 1. The molecular weight excluding hydrogens is 736 g/mol. The molecule has 1 saturated carbocycles. The van der Waals surface area contributed by atoms with E-state index in [1.54, 1.807) is 31.7 Å². The number of pyridine rings is 1. The van der Waals surface area contributed by atoms with Crippen LogP contribution in [0, 0.1) is 6.92 Å². The first kappa shape index (κ1) is 43.1. The third-order valence-corrected chi connectivity index (χ3v) is 10.8. The molecule has 1 aliphatic carbocycles. The zero-order valence-electron chi connectivity index (χ0n) is 33.8. The zero-order valence-corrected chi connectivity index (χ0v) is 33.8. The van der Waals surface area contributed by atoms with Gasteiger partial charge < -0.3 is 43.9 Å². The van der Waals surface area contributed by atoms with Crippen LogP contribution in [0.25, 0.3) is 10.9 Å². The molecule has 3 fully saturated rings. The Morgan fingerprint density at radius 1 is 0.912 bits per heavy atom. The lowest BCUT2D eigenvalue weighted by Crippen LogP contribution is -2.56. The van der Waals surface area contributed by atoms with E-state index in [-0.39, 0.29) is 88.1 Å². The molecule has 16 nitrogen and oxygen atoms in total. The van der Waals surface area contributed by atoms with E-state index >= 15 is 0 Å². The first-order valence-corrected chi connectivity index (χ1v) is 20.4. The summed E-state index contributed by atoms with van der Waals surface area (Å²) in [5.74, 6) is -1.78. The van der Waals surface area contributed by atoms with E-state index in [9.17, 15) is 28.8 Å². The van der Waals surface area contributed by atoms with Crippen molar-refractivity contribution in [2.24, 2.45) is 0 Å². The van der Waals surface area contributed by atoms with E-state index in [0.29, 0.717) is 43.5 Å². The minimum absolute atomic E-state index is 0.0481. The number of fused-ring (bicyclic) bond motifs is 1. The second-order valence-corrected chi connectivity index (χ2v) is 14.9. The van der Waals surface area contributed by atoms with Gasteiger partial charge >= 0.3 is 12.1 Å². The molecule has 2 atom stereocenters. The average Bonchev–Trinajstić information content (AvgIpc) is 3.69. The van der Waals surface area contributed by atoms with Gasteiger partial charge in [0.15, 0.2) is 6.61 Å². The summed E-state index contributed by atoms with van der Waals surface area (Å²) >= 11 is 0. The van der Waals surface area contributed by atoms with Crippen LogP contribution in [-0.2, 0) is 33.4 Å². The maximum atomic E-state index is 14.0. The molecule has 312 valence electrons. The first-order valence-electron chi connectivity index (χ1n) is 20.4. The Hall–Kier alpha value is -4.99. The summed E-state index contributed by atoms with van der Waals surface area (Å²) in [6.45, 7) is 7.87. The standard InChI is InChI=1S/C41H58N6O10/c1-5-7-22-56-41(53)46-20-18-45(19-21-46)39(51)31(15-16-37(49)55-24-23-54-6-2)43-38(50)33-26-35(30-14-13-28(3)25-32(30)42-33)57-27-36(48)47-17-9-12-34(47)40(52)44(4)29-10-8-11-29/h13-14,25-26,29,31,34H,5-12,15-24,27H2,1-4H3,(H,43,50)/t31-,34-/m0/s1. The minimum Gasteiger partial charge on any atom is -0.483 e. The minimum atomic E-state index is -1.12. The lowest BCUT2D eigenvalue weighted by Gasteiger charge is -2.37. The highest BCUT2D eigenvalue weighted by atomic mass is 16.6. The van der Waals surface area contributed by atoms with Crippen LogP contribution in [0.1, 0.15) is 87.7 Å². The largest absolute Gasteiger partial charge is 0.483 e. The number of aryl methyl sites for hydroxylation is 1. The van der Waals surface area contributed by atoms with Crippen LogP contribution < -0.4 is 10.1 Å². The first-order chi connectivity index (χ1) is 27.5. The van der Waals surface area contributed by atoms with Gasteiger partial charge in [-0.25, -0.2) is 9.78 Å². The monoisotopic (exact) mass is 794 g/mol. The van der Waals surface area contributed by atoms with Gasteiger partial charge in [0.2, 0.25) is 11.8 Å². The fourth-order valence-electron chi connectivity index (χ4n) is 7.18. The molecule has 16 heteroatoms. The SMILES string of the molecule is CCCCOC(=O)N1CCN(C(=O)[C@H](CCC(=O)OCCOCC)NC(=O)c2cc(OCC(=O)N3CCC[C@H]3C(=O)N(C)C3CCC3)c3ccc(C)cc3n2)CC1. The Morgan fingerprint density at radius 2 is 1.67 bits per heavy atom. The molecule has 5 amide bonds. The van der Waals surface area contributed by atoms with Crippen LogP contribution in [0.3, 0.4) is 0 Å². The molecule has 2 aromatic rings. The Labute approximate surface area is 334 Å². The Balaban J connectivity index is 1.29. The highest BCUT2D eigenvalue weighted by Gasteiger charge is 2.38. The topological polar surface area (TPSA) is 177 Å². The molecular formula is C41H58N6O10. The quantitative estimate of drug-likeness (QED) is 0.173. The van der Waals surface area contributed by atoms with E-state index in [4.69, 9.17) is 18.9 Å². The zero-order chi connectivity index (χ0) is 40.9. The summed E-state index contributed by atoms with van der Waals surface area (Å²) in [5.41, 5.74) is 1.28. The molecule has 1 aromatic carbocycles. The van der Waals surface area contributed by atoms with E-state index in [1.807, 2.05) is 33.9 Å². The smallest absolute Gasteiger partial charge is 0.409 e. The number of likely N-dealkylation sites (N-methyl/N-ethyl adjacent to an activating group) is 1. The Bertz CT molecular complexity index is 1740. The fraction of sp³-hybridized carbons (Fsp3) is 0.634. The molecule has 57 heavy (non-hydrogen) atoms. The normalized spacial score (nSPS) is 17.5. The summed E-state index contributed by atoms with van der Waals surface area (Å²) in [6, 6.07) is 5.46. The lowest BCUT2D eigenvalue weighted by atomic mass is 9.91. The lowest BCUT2D eigenvalue weighted by molar-refractivity contribution is -0.146. The van der Waals surface area contributed by atoms with Crippen molar-refractivity contribution >= 4 is 46.6 Å². The van der Waals surface area contributed by atoms with Gasteiger partial charge in [-0.05, 0) is 76.5 Å². The highest BCUT2D eigenvalue weighted by molar-refractivity contribution is 5.99. The van der Waals surface area contributed by atoms with Crippen LogP contribution in [0.15, 0.2) is 24.3 Å². The van der Waals surface area contributed by atoms with Crippen LogP contribution in [0.4, 0.5) is 4.79 Å². The van der Waals surface area contributed by atoms with Crippen molar-refractivity contribution in [2.45, 2.75) is 96.7 Å². The molecule has 1 aromatic heterocycles. The second-order valence-electron chi connectivity index (χ2n) is 14.9. The summed E-state index contributed by atoms with van der Waals surface area (Å²) < 4.78 is 21.9. The molecule has 2 saturated heterocycles. The van der Waals surface area contributed by atoms with Crippen LogP contribution in [0.2, 0.25) is 0 Å². The van der Waals surface area contributed by atoms with Gasteiger partial charge in [-0.1, -0.05) is 19.4 Å². The summed E-state index contributed by atoms with van der Waals surface area (Å²) in [4.78, 5) is 91.0. The summed E-state index contributed by atoms with van der Waals surface area (Å²) in [6.07, 6.45) is 5.38. The van der Waals surface area contributed by atoms with Crippen molar-refractivity contribution < 1.29 is 47.7 Å². The number of carbonyl (C=O) groups is 6. The van der Waals surface area contributed by atoms with Crippen molar-refractivity contribution in [3.05, 3.63) is 35.5 Å². The maximum Gasteiger partial charge on any atom is 0.409 e. The number of benzene rings is 1. The number of nitrogens with one attached hydrogen (secondary N) is 1. The number of unbranched alkanes of at least 4 members (excludes halogenated alkanes) is 1. The van der Waals surface area contributed by atoms with Gasteiger partial charge in [0.1, 0.15) is 30.1 Å². The van der Waals surface area contributed by atoms with E-state index in [0.717, 1.165) is 37.7 Å². The molecule has 0 spiro atoms. The number of ether oxygens (including phenoxy) is 4. The van der Waals surface area contributed by atoms with Crippen LogP contribution in [-0.4, -0.2) is 151 Å². The molecule has 1 N–H and O–H groups in total. The molecule has 3 heterocycles. The summed E-state index contributed by atoms with van der Waals surface area (Å²) in [7, 11) is 1.81. The van der Waals surface area contributed by atoms with Gasteiger partial charge in [-0.3, -0.25) is 24.0 Å². The van der Waals surface area contributed by atoms with Crippen LogP contribution >= 0.6 is 0 Å². The van der Waals surface area contributed by atoms with E-state index < -0.39 is 36.0 Å². The molecule has 0 bridgehead atoms. The highest BCUT2D eigenvalue weighted by Crippen LogP contribution is 2.29. The number of hydrogen-bond acceptors (Lipinski definition) is 11. The third kappa shape index (κ3) is 11.5. The van der Waals surface area contributed by atoms with Gasteiger partial charge in [0, 0.05) is 70.3 Å². The van der Waals surface area contributed by atoms with Gasteiger partial charge in [-0.15, -0.1) is 0 Å². The van der Waals surface area contributed by atoms with Gasteiger partial charge in [0.25, 0.3) is 11.8 Å². The number of carbonyl (C=O) groups excluding carboxylic acids is 6. The summed E-state index contributed by atoms with van der Waals surface area (Å²) in [5, 5.41) is 3.37. The Kier molecular flexibility index (Phi) is 15.9. The molecule has 0 radical (unpaired) electrons.